The van der Waals surface area contributed by atoms with Crippen LogP contribution in [0.2, 0.25) is 0 Å². The number of hydrogen-bond acceptors (Lipinski definition) is 6. The summed E-state index contributed by atoms with van der Waals surface area (Å²) in [6.07, 6.45) is -0.0769. The predicted molar refractivity (Wildman–Crippen MR) is 111 cm³/mol. The first-order valence-corrected chi connectivity index (χ1v) is 10.8. The van der Waals surface area contributed by atoms with Crippen LogP contribution in [0.3, 0.4) is 0 Å². The van der Waals surface area contributed by atoms with E-state index in [1.807, 2.05) is 20.8 Å². The van der Waals surface area contributed by atoms with Crippen molar-refractivity contribution in [1.29, 1.82) is 0 Å². The summed E-state index contributed by atoms with van der Waals surface area (Å²) in [4.78, 5) is 23.7. The third-order valence-electron chi connectivity index (χ3n) is 5.91. The van der Waals surface area contributed by atoms with Gasteiger partial charge in [0.1, 0.15) is 22.6 Å². The van der Waals surface area contributed by atoms with E-state index in [9.17, 15) is 18.0 Å². The Kier molecular flexibility index (Phi) is 4.43. The summed E-state index contributed by atoms with van der Waals surface area (Å²) in [5.74, 6) is 0. The Labute approximate surface area is 174 Å². The quantitative estimate of drug-likeness (QED) is 0.451. The summed E-state index contributed by atoms with van der Waals surface area (Å²) in [6, 6.07) is 6.38. The van der Waals surface area contributed by atoms with Crippen molar-refractivity contribution in [2.45, 2.75) is 37.5 Å². The first kappa shape index (κ1) is 20.0. The van der Waals surface area contributed by atoms with E-state index in [1.54, 1.807) is 31.2 Å². The highest BCUT2D eigenvalue weighted by atomic mass is 32.2. The van der Waals surface area contributed by atoms with Crippen molar-refractivity contribution >= 4 is 22.2 Å². The molecule has 0 bridgehead atoms. The van der Waals surface area contributed by atoms with E-state index in [0.29, 0.717) is 28.5 Å². The number of carbonyl (C=O) groups excluding carboxylic acids is 2. The molecule has 1 aliphatic rings. The van der Waals surface area contributed by atoms with Crippen LogP contribution in [0.15, 0.2) is 34.1 Å². The van der Waals surface area contributed by atoms with Gasteiger partial charge in [0.15, 0.2) is 0 Å². The molecule has 30 heavy (non-hydrogen) atoms. The van der Waals surface area contributed by atoms with Gasteiger partial charge < -0.3 is 4.74 Å². The average Bonchev–Trinajstić information content (AvgIpc) is 3.25. The number of ether oxygens (including phenoxy) is 1. The van der Waals surface area contributed by atoms with Gasteiger partial charge in [-0.25, -0.2) is 13.2 Å². The Hall–Kier alpha value is -3.26. The summed E-state index contributed by atoms with van der Waals surface area (Å²) in [5.41, 5.74) is 5.09. The van der Waals surface area contributed by atoms with Gasteiger partial charge in [-0.1, -0.05) is 24.3 Å². The molecule has 8 heteroatoms. The summed E-state index contributed by atoms with van der Waals surface area (Å²) < 4.78 is 33.3. The van der Waals surface area contributed by atoms with Crippen molar-refractivity contribution in [3.8, 4) is 22.5 Å². The summed E-state index contributed by atoms with van der Waals surface area (Å²) >= 11 is 0. The molecule has 3 aromatic rings. The maximum absolute atomic E-state index is 13.7. The van der Waals surface area contributed by atoms with Gasteiger partial charge in [0.2, 0.25) is 9.84 Å². The Balaban J connectivity index is 2.16. The highest BCUT2D eigenvalue weighted by Crippen LogP contribution is 2.51. The van der Waals surface area contributed by atoms with Crippen LogP contribution in [0.5, 0.6) is 0 Å². The predicted octanol–water partition coefficient (Wildman–Crippen LogP) is 4.02. The number of benzene rings is 2. The molecule has 0 unspecified atom stereocenters. The van der Waals surface area contributed by atoms with Crippen LogP contribution in [-0.4, -0.2) is 37.7 Å². The first-order chi connectivity index (χ1) is 14.1. The number of carbonyl (C=O) groups is 2. The average molecular weight is 424 g/mol. The maximum Gasteiger partial charge on any atom is 0.435 e. The van der Waals surface area contributed by atoms with E-state index in [1.165, 1.54) is 7.11 Å². The number of aromatic nitrogens is 2. The standard InChI is InChI=1S/C22H20N2O5S/c1-11-12(2)14(4)20-17(13(11)3)19-21(30(20,27)28)18(23-24(19)22(26)29-5)16-8-6-15(10-25)7-9-16/h6-10H,1-5H3. The Morgan fingerprint density at radius 2 is 1.57 bits per heavy atom. The minimum absolute atomic E-state index is 0.0158. The minimum atomic E-state index is -3.93. The molecule has 0 saturated heterocycles. The zero-order valence-corrected chi connectivity index (χ0v) is 18.0. The van der Waals surface area contributed by atoms with E-state index in [0.717, 1.165) is 21.4 Å². The lowest BCUT2D eigenvalue weighted by atomic mass is 9.93. The fourth-order valence-electron chi connectivity index (χ4n) is 4.01. The summed E-state index contributed by atoms with van der Waals surface area (Å²) in [5, 5.41) is 4.32. The normalized spacial score (nSPS) is 13.6. The molecule has 1 aliphatic heterocycles. The van der Waals surface area contributed by atoms with Crippen molar-refractivity contribution in [3.05, 3.63) is 52.1 Å². The third kappa shape index (κ3) is 2.50. The highest BCUT2D eigenvalue weighted by molar-refractivity contribution is 7.92. The summed E-state index contributed by atoms with van der Waals surface area (Å²) in [7, 11) is -2.71. The second kappa shape index (κ2) is 6.63. The number of aldehydes is 1. The van der Waals surface area contributed by atoms with E-state index >= 15 is 0 Å². The molecular formula is C22H20N2O5S. The van der Waals surface area contributed by atoms with E-state index in [2.05, 4.69) is 5.10 Å². The van der Waals surface area contributed by atoms with Crippen LogP contribution in [0, 0.1) is 27.7 Å². The van der Waals surface area contributed by atoms with Crippen LogP contribution >= 0.6 is 0 Å². The highest BCUT2D eigenvalue weighted by Gasteiger charge is 2.44. The van der Waals surface area contributed by atoms with Crippen LogP contribution in [0.1, 0.15) is 32.6 Å². The molecule has 7 nitrogen and oxygen atoms in total. The Bertz CT molecular complexity index is 1350. The minimum Gasteiger partial charge on any atom is -0.451 e. The van der Waals surface area contributed by atoms with Crippen LogP contribution in [0.25, 0.3) is 22.5 Å². The van der Waals surface area contributed by atoms with Gasteiger partial charge in [0, 0.05) is 16.7 Å². The van der Waals surface area contributed by atoms with Crippen LogP contribution < -0.4 is 0 Å². The topological polar surface area (TPSA) is 95.3 Å². The molecule has 0 saturated carbocycles. The second-order valence-electron chi connectivity index (χ2n) is 7.36. The third-order valence-corrected chi connectivity index (χ3v) is 7.89. The SMILES string of the molecule is COC(=O)n1nc(-c2ccc(C=O)cc2)c2c1-c1c(C)c(C)c(C)c(C)c1S2(=O)=O. The molecule has 1 aromatic heterocycles. The molecule has 0 atom stereocenters. The monoisotopic (exact) mass is 424 g/mol. The van der Waals surface area contributed by atoms with Gasteiger partial charge in [-0.15, -0.1) is 0 Å². The number of rotatable bonds is 2. The molecule has 0 spiro atoms. The number of sulfone groups is 1. The lowest BCUT2D eigenvalue weighted by Crippen LogP contribution is -2.15. The van der Waals surface area contributed by atoms with Gasteiger partial charge in [-0.05, 0) is 49.9 Å². The smallest absolute Gasteiger partial charge is 0.435 e. The largest absolute Gasteiger partial charge is 0.451 e. The molecular weight excluding hydrogens is 404 g/mol. The van der Waals surface area contributed by atoms with Crippen molar-refractivity contribution < 1.29 is 22.7 Å². The molecule has 0 N–H and O–H groups in total. The molecule has 0 fully saturated rings. The molecule has 0 amide bonds. The van der Waals surface area contributed by atoms with Crippen LogP contribution in [0.4, 0.5) is 4.79 Å². The lowest BCUT2D eigenvalue weighted by Gasteiger charge is -2.16. The zero-order valence-electron chi connectivity index (χ0n) is 17.2. The first-order valence-electron chi connectivity index (χ1n) is 9.27. The molecule has 2 heterocycles. The number of methoxy groups -OCH3 is 1. The Morgan fingerprint density at radius 3 is 2.13 bits per heavy atom. The van der Waals surface area contributed by atoms with E-state index in [4.69, 9.17) is 4.74 Å². The molecule has 154 valence electrons. The maximum atomic E-state index is 13.7. The fraction of sp³-hybridized carbons (Fsp3) is 0.227. The number of fused-ring (bicyclic) bond motifs is 3. The van der Waals surface area contributed by atoms with Gasteiger partial charge in [0.05, 0.1) is 12.0 Å². The molecule has 4 rings (SSSR count). The second-order valence-corrected chi connectivity index (χ2v) is 9.18. The van der Waals surface area contributed by atoms with Gasteiger partial charge in [-0.2, -0.15) is 9.78 Å². The fourth-order valence-corrected chi connectivity index (χ4v) is 6.14. The molecule has 0 aliphatic carbocycles. The van der Waals surface area contributed by atoms with Crippen molar-refractivity contribution in [1.82, 2.24) is 9.78 Å². The zero-order chi connectivity index (χ0) is 22.0. The summed E-state index contributed by atoms with van der Waals surface area (Å²) in [6.45, 7) is 7.44. The van der Waals surface area contributed by atoms with E-state index in [-0.39, 0.29) is 21.2 Å². The van der Waals surface area contributed by atoms with Gasteiger partial charge >= 0.3 is 6.09 Å². The van der Waals surface area contributed by atoms with Crippen LogP contribution in [-0.2, 0) is 14.6 Å². The lowest BCUT2D eigenvalue weighted by molar-refractivity contribution is 0.112. The van der Waals surface area contributed by atoms with Crippen molar-refractivity contribution in [2.24, 2.45) is 0 Å². The van der Waals surface area contributed by atoms with Gasteiger partial charge in [0.25, 0.3) is 0 Å². The van der Waals surface area contributed by atoms with Crippen molar-refractivity contribution in [2.75, 3.05) is 7.11 Å². The van der Waals surface area contributed by atoms with Crippen molar-refractivity contribution in [3.63, 3.8) is 0 Å². The molecule has 2 aromatic carbocycles. The van der Waals surface area contributed by atoms with E-state index < -0.39 is 15.9 Å². The number of hydrogen-bond donors (Lipinski definition) is 0. The molecule has 0 radical (unpaired) electrons. The van der Waals surface area contributed by atoms with Gasteiger partial charge in [-0.3, -0.25) is 4.79 Å². The Morgan fingerprint density at radius 1 is 0.967 bits per heavy atom. The number of nitrogens with zero attached hydrogens (tertiary/aromatic N) is 2.